The number of aromatic nitrogens is 2. The highest BCUT2D eigenvalue weighted by Gasteiger charge is 2.25. The molecule has 0 spiro atoms. The molecule has 1 aliphatic carbocycles. The highest BCUT2D eigenvalue weighted by Crippen LogP contribution is 2.32. The van der Waals surface area contributed by atoms with Crippen molar-refractivity contribution in [3.05, 3.63) is 81.2 Å². The Hall–Kier alpha value is -2.49. The van der Waals surface area contributed by atoms with E-state index in [1.165, 1.54) is 24.4 Å². The van der Waals surface area contributed by atoms with Crippen molar-refractivity contribution in [3.8, 4) is 0 Å². The quantitative estimate of drug-likeness (QED) is 0.508. The summed E-state index contributed by atoms with van der Waals surface area (Å²) < 4.78 is 54.3. The number of sulfonamides is 1. The zero-order chi connectivity index (χ0) is 21.2. The van der Waals surface area contributed by atoms with Gasteiger partial charge in [0.2, 0.25) is 5.28 Å². The van der Waals surface area contributed by atoms with Crippen LogP contribution in [-0.4, -0.2) is 23.5 Å². The molecule has 0 saturated heterocycles. The standard InChI is InChI=1S/C18H13Cl2F2N3O3S/c19-17-12(15(26)9-11-6-7-23-18(20)24-11)2-1-3-14(17)25-29(27,28)16-8-10(21)4-5-13(16)22/h3-9,25-26H,1-2H2/b15-9+. The topological polar surface area (TPSA) is 92.2 Å². The van der Waals surface area contributed by atoms with Crippen LogP contribution >= 0.6 is 23.2 Å². The minimum Gasteiger partial charge on any atom is -0.508 e. The van der Waals surface area contributed by atoms with Gasteiger partial charge in [-0.3, -0.25) is 4.72 Å². The summed E-state index contributed by atoms with van der Waals surface area (Å²) >= 11 is 12.0. The van der Waals surface area contributed by atoms with Crippen LogP contribution in [0, 0.1) is 11.6 Å². The minimum absolute atomic E-state index is 0.0132. The third-order valence-electron chi connectivity index (χ3n) is 3.91. The van der Waals surface area contributed by atoms with Crippen molar-refractivity contribution < 1.29 is 22.3 Å². The number of hydrogen-bond acceptors (Lipinski definition) is 5. The molecule has 11 heteroatoms. The fraction of sp³-hybridized carbons (Fsp3) is 0.111. The van der Waals surface area contributed by atoms with Gasteiger partial charge in [-0.15, -0.1) is 0 Å². The summed E-state index contributed by atoms with van der Waals surface area (Å²) in [6, 6.07) is 3.59. The molecule has 1 aliphatic rings. The second kappa shape index (κ2) is 8.48. The lowest BCUT2D eigenvalue weighted by atomic mass is 10.0. The second-order valence-electron chi connectivity index (χ2n) is 5.91. The van der Waals surface area contributed by atoms with Crippen LogP contribution in [-0.2, 0) is 10.0 Å². The van der Waals surface area contributed by atoms with Crippen molar-refractivity contribution >= 4 is 39.3 Å². The molecule has 0 saturated carbocycles. The van der Waals surface area contributed by atoms with Crippen molar-refractivity contribution in [1.82, 2.24) is 14.7 Å². The van der Waals surface area contributed by atoms with E-state index >= 15 is 0 Å². The van der Waals surface area contributed by atoms with Gasteiger partial charge in [-0.1, -0.05) is 17.7 Å². The molecule has 1 aromatic heterocycles. The molecule has 1 heterocycles. The maximum Gasteiger partial charge on any atom is 0.264 e. The number of aliphatic hydroxyl groups excluding tert-OH is 1. The number of halogens is 4. The summed E-state index contributed by atoms with van der Waals surface area (Å²) in [4.78, 5) is 6.79. The first-order valence-corrected chi connectivity index (χ1v) is 10.4. The van der Waals surface area contributed by atoms with Crippen molar-refractivity contribution in [1.29, 1.82) is 0 Å². The monoisotopic (exact) mass is 459 g/mol. The largest absolute Gasteiger partial charge is 0.508 e. The third kappa shape index (κ3) is 4.92. The Morgan fingerprint density at radius 3 is 2.72 bits per heavy atom. The number of allylic oxidation sites excluding steroid dienone is 3. The first-order valence-electron chi connectivity index (χ1n) is 8.14. The molecule has 152 valence electrons. The Morgan fingerprint density at radius 2 is 2.00 bits per heavy atom. The van der Waals surface area contributed by atoms with Gasteiger partial charge in [0.25, 0.3) is 10.0 Å². The van der Waals surface area contributed by atoms with Gasteiger partial charge in [0.15, 0.2) is 0 Å². The van der Waals surface area contributed by atoms with E-state index in [0.29, 0.717) is 30.7 Å². The highest BCUT2D eigenvalue weighted by molar-refractivity contribution is 7.89. The lowest BCUT2D eigenvalue weighted by molar-refractivity contribution is 0.423. The molecule has 0 aliphatic heterocycles. The average molecular weight is 460 g/mol. The molecule has 0 fully saturated rings. The maximum atomic E-state index is 13.9. The Bertz CT molecular complexity index is 1160. The van der Waals surface area contributed by atoms with Gasteiger partial charge in [0.1, 0.15) is 22.3 Å². The van der Waals surface area contributed by atoms with E-state index < -0.39 is 26.6 Å². The molecule has 6 nitrogen and oxygen atoms in total. The van der Waals surface area contributed by atoms with Gasteiger partial charge < -0.3 is 5.11 Å². The molecular weight excluding hydrogens is 447 g/mol. The summed E-state index contributed by atoms with van der Waals surface area (Å²) in [5.41, 5.74) is 0.511. The van der Waals surface area contributed by atoms with Gasteiger partial charge in [-0.25, -0.2) is 27.2 Å². The van der Waals surface area contributed by atoms with Gasteiger partial charge in [-0.05, 0) is 48.7 Å². The Kier molecular flexibility index (Phi) is 6.21. The van der Waals surface area contributed by atoms with Crippen LogP contribution in [0.2, 0.25) is 5.28 Å². The normalized spacial score (nSPS) is 15.3. The molecule has 0 atom stereocenters. The predicted octanol–water partition coefficient (Wildman–Crippen LogP) is 4.46. The molecule has 0 unspecified atom stereocenters. The van der Waals surface area contributed by atoms with Gasteiger partial charge in [0, 0.05) is 17.8 Å². The summed E-state index contributed by atoms with van der Waals surface area (Å²) in [6.45, 7) is 0. The first kappa shape index (κ1) is 21.2. The van der Waals surface area contributed by atoms with E-state index in [2.05, 4.69) is 14.7 Å². The number of nitrogens with one attached hydrogen (secondary N) is 1. The summed E-state index contributed by atoms with van der Waals surface area (Å²) in [6.07, 6.45) is 4.85. The zero-order valence-electron chi connectivity index (χ0n) is 14.5. The minimum atomic E-state index is -4.45. The molecule has 3 rings (SSSR count). The molecule has 29 heavy (non-hydrogen) atoms. The Labute approximate surface area is 175 Å². The van der Waals surface area contributed by atoms with E-state index in [-0.39, 0.29) is 27.3 Å². The number of nitrogens with zero attached hydrogens (tertiary/aromatic N) is 2. The van der Waals surface area contributed by atoms with Crippen LogP contribution in [0.1, 0.15) is 18.5 Å². The molecule has 0 bridgehead atoms. The van der Waals surface area contributed by atoms with E-state index in [0.717, 1.165) is 6.07 Å². The lowest BCUT2D eigenvalue weighted by Gasteiger charge is -2.19. The SMILES string of the molecule is O=S(=O)(NC1=CCCC(/C(O)=C\c2ccnc(Cl)n2)=C1Cl)c1cc(F)ccc1F. The summed E-state index contributed by atoms with van der Waals surface area (Å²) in [5.74, 6) is -2.26. The van der Waals surface area contributed by atoms with Crippen LogP contribution in [0.4, 0.5) is 8.78 Å². The molecule has 1 aromatic carbocycles. The number of aliphatic hydroxyl groups is 1. The Balaban J connectivity index is 1.92. The van der Waals surface area contributed by atoms with Crippen molar-refractivity contribution in [2.24, 2.45) is 0 Å². The number of hydrogen-bond donors (Lipinski definition) is 2. The molecule has 2 N–H and O–H groups in total. The van der Waals surface area contributed by atoms with Crippen LogP contribution in [0.15, 0.2) is 63.5 Å². The van der Waals surface area contributed by atoms with Crippen molar-refractivity contribution in [3.63, 3.8) is 0 Å². The van der Waals surface area contributed by atoms with E-state index in [1.807, 2.05) is 0 Å². The lowest BCUT2D eigenvalue weighted by Crippen LogP contribution is -2.26. The summed E-state index contributed by atoms with van der Waals surface area (Å²) in [7, 11) is -4.45. The fourth-order valence-corrected chi connectivity index (χ4v) is 4.29. The number of benzene rings is 1. The van der Waals surface area contributed by atoms with Crippen LogP contribution in [0.3, 0.4) is 0 Å². The predicted molar refractivity (Wildman–Crippen MR) is 105 cm³/mol. The molecular formula is C18H13Cl2F2N3O3S. The van der Waals surface area contributed by atoms with E-state index in [4.69, 9.17) is 23.2 Å². The maximum absolute atomic E-state index is 13.9. The summed E-state index contributed by atoms with van der Waals surface area (Å²) in [5, 5.41) is 10.3. The average Bonchev–Trinajstić information content (AvgIpc) is 2.65. The zero-order valence-corrected chi connectivity index (χ0v) is 16.9. The van der Waals surface area contributed by atoms with Crippen LogP contribution < -0.4 is 4.72 Å². The van der Waals surface area contributed by atoms with E-state index in [9.17, 15) is 22.3 Å². The van der Waals surface area contributed by atoms with Crippen molar-refractivity contribution in [2.75, 3.05) is 0 Å². The van der Waals surface area contributed by atoms with Gasteiger partial charge in [0.05, 0.1) is 16.4 Å². The second-order valence-corrected chi connectivity index (χ2v) is 8.28. The smallest absolute Gasteiger partial charge is 0.264 e. The molecule has 0 amide bonds. The Morgan fingerprint density at radius 1 is 1.24 bits per heavy atom. The molecule has 2 aromatic rings. The fourth-order valence-electron chi connectivity index (χ4n) is 2.59. The number of rotatable bonds is 5. The van der Waals surface area contributed by atoms with Crippen LogP contribution in [0.25, 0.3) is 6.08 Å². The van der Waals surface area contributed by atoms with Gasteiger partial charge >= 0.3 is 0 Å². The van der Waals surface area contributed by atoms with E-state index in [1.54, 1.807) is 0 Å². The molecule has 0 radical (unpaired) electrons. The van der Waals surface area contributed by atoms with Gasteiger partial charge in [-0.2, -0.15) is 0 Å². The van der Waals surface area contributed by atoms with Crippen LogP contribution in [0.5, 0.6) is 0 Å². The highest BCUT2D eigenvalue weighted by atomic mass is 35.5. The van der Waals surface area contributed by atoms with Crippen molar-refractivity contribution in [2.45, 2.75) is 17.7 Å². The third-order valence-corrected chi connectivity index (χ3v) is 5.91. The first-order chi connectivity index (χ1) is 13.7.